The highest BCUT2D eigenvalue weighted by Crippen LogP contribution is 2.62. The molecule has 1 saturated heterocycles. The maximum absolute atomic E-state index is 13.8. The number of fused-ring (bicyclic) bond motifs is 1. The predicted molar refractivity (Wildman–Crippen MR) is 133 cm³/mol. The Morgan fingerprint density at radius 3 is 2.71 bits per heavy atom. The molecule has 3 aliphatic rings. The van der Waals surface area contributed by atoms with Gasteiger partial charge in [0.05, 0.1) is 30.4 Å². The number of morpholine rings is 1. The quantitative estimate of drug-likeness (QED) is 0.509. The Morgan fingerprint density at radius 1 is 1.21 bits per heavy atom. The van der Waals surface area contributed by atoms with Crippen LogP contribution in [0.2, 0.25) is 0 Å². The van der Waals surface area contributed by atoms with E-state index >= 15 is 0 Å². The largest absolute Gasteiger partial charge is 0.419 e. The summed E-state index contributed by atoms with van der Waals surface area (Å²) in [5.74, 6) is -1.01. The van der Waals surface area contributed by atoms with Crippen LogP contribution < -0.4 is 5.32 Å². The fraction of sp³-hybridized carbons (Fsp3) is 0.500. The van der Waals surface area contributed by atoms with E-state index in [1.165, 1.54) is 0 Å². The van der Waals surface area contributed by atoms with E-state index in [1.54, 1.807) is 11.0 Å². The summed E-state index contributed by atoms with van der Waals surface area (Å²) in [5, 5.41) is 11.9. The van der Waals surface area contributed by atoms with E-state index in [2.05, 4.69) is 22.4 Å². The number of anilines is 1. The van der Waals surface area contributed by atoms with Crippen LogP contribution in [0.5, 0.6) is 0 Å². The second kappa shape index (κ2) is 10.5. The minimum atomic E-state index is -4.86. The van der Waals surface area contributed by atoms with Crippen molar-refractivity contribution in [1.29, 1.82) is 5.26 Å². The molecule has 5 rings (SSSR count). The Hall–Kier alpha value is -3.16. The molecule has 1 unspecified atom stereocenters. The fourth-order valence-electron chi connectivity index (χ4n) is 6.09. The molecule has 2 amide bonds. The van der Waals surface area contributed by atoms with Crippen molar-refractivity contribution in [3.63, 3.8) is 0 Å². The number of nitriles is 1. The topological polar surface area (TPSA) is 68.6 Å². The zero-order valence-electron chi connectivity index (χ0n) is 20.9. The van der Waals surface area contributed by atoms with Gasteiger partial charge in [0.15, 0.2) is 0 Å². The fourth-order valence-corrected chi connectivity index (χ4v) is 6.09. The lowest BCUT2D eigenvalue weighted by Crippen LogP contribution is -2.49. The molecule has 1 aliphatic heterocycles. The first-order valence-corrected chi connectivity index (χ1v) is 12.9. The number of alkyl halides is 3. The minimum absolute atomic E-state index is 0.0221. The zero-order chi connectivity index (χ0) is 26.9. The number of nitrogens with zero attached hydrogens (tertiary/aromatic N) is 3. The first-order chi connectivity index (χ1) is 18.2. The van der Waals surface area contributed by atoms with Crippen molar-refractivity contribution in [2.45, 2.75) is 43.3 Å². The summed E-state index contributed by atoms with van der Waals surface area (Å²) in [7, 11) is 0. The van der Waals surface area contributed by atoms with Crippen LogP contribution in [0.25, 0.3) is 0 Å². The van der Waals surface area contributed by atoms with Crippen molar-refractivity contribution in [3.8, 4) is 6.07 Å². The normalized spacial score (nSPS) is 25.2. The first-order valence-electron chi connectivity index (χ1n) is 12.9. The number of urea groups is 1. The van der Waals surface area contributed by atoms with E-state index in [9.17, 15) is 27.6 Å². The van der Waals surface area contributed by atoms with Crippen molar-refractivity contribution >= 4 is 11.7 Å². The molecule has 1 heterocycles. The van der Waals surface area contributed by atoms with Gasteiger partial charge < -0.3 is 15.0 Å². The van der Waals surface area contributed by atoms with Crippen molar-refractivity contribution in [1.82, 2.24) is 9.80 Å². The average Bonchev–Trinajstić information content (AvgIpc) is 3.65. The smallest absolute Gasteiger partial charge is 0.379 e. The van der Waals surface area contributed by atoms with Gasteiger partial charge in [0.25, 0.3) is 0 Å². The summed E-state index contributed by atoms with van der Waals surface area (Å²) in [6.07, 6.45) is -1.47. The van der Waals surface area contributed by atoms with Crippen LogP contribution in [-0.4, -0.2) is 61.3 Å². The van der Waals surface area contributed by atoms with E-state index in [0.717, 1.165) is 56.5 Å². The Bertz CT molecular complexity index is 1220. The molecule has 6 nitrogen and oxygen atoms in total. The van der Waals surface area contributed by atoms with Crippen molar-refractivity contribution in [2.24, 2.45) is 5.92 Å². The highest BCUT2D eigenvalue weighted by atomic mass is 19.4. The molecule has 2 aliphatic carbocycles. The number of amides is 2. The number of carbonyl (C=O) groups is 1. The third-order valence-corrected chi connectivity index (χ3v) is 8.26. The number of benzene rings is 2. The van der Waals surface area contributed by atoms with E-state index < -0.39 is 23.6 Å². The SMILES string of the molecule is N#Cc1cccc([C@]23CC[C@H](N(CCN4CCOCC4)C(=O)Nc4ccc(F)c(C(F)(F)F)c4)CC2C3)c1. The number of carbonyl (C=O) groups excluding carboxylic acids is 1. The minimum Gasteiger partial charge on any atom is -0.379 e. The highest BCUT2D eigenvalue weighted by molar-refractivity contribution is 5.89. The Kier molecular flexibility index (Phi) is 7.34. The van der Waals surface area contributed by atoms with Crippen molar-refractivity contribution in [2.75, 3.05) is 44.7 Å². The number of hydrogen-bond acceptors (Lipinski definition) is 4. The standard InChI is InChI=1S/C28H30F4N4O2/c29-25-5-4-22(16-24(25)28(30,31)32)34-26(37)36(9-8-35-10-12-38-13-11-35)23-6-7-27(17-21(27)15-23)20-3-1-2-19(14-20)18-33/h1-5,14,16,21,23H,6-13,15,17H2,(H,34,37)/t21?,23-,27+/m0/s1. The summed E-state index contributed by atoms with van der Waals surface area (Å²) in [4.78, 5) is 17.4. The molecule has 2 saturated carbocycles. The summed E-state index contributed by atoms with van der Waals surface area (Å²) < 4.78 is 58.8. The Morgan fingerprint density at radius 2 is 2.00 bits per heavy atom. The molecule has 3 fully saturated rings. The van der Waals surface area contributed by atoms with Crippen LogP contribution in [0, 0.1) is 23.1 Å². The maximum Gasteiger partial charge on any atom is 0.419 e. The molecular formula is C28H30F4N4O2. The van der Waals surface area contributed by atoms with Gasteiger partial charge in [-0.15, -0.1) is 0 Å². The lowest BCUT2D eigenvalue weighted by Gasteiger charge is -2.38. The molecule has 202 valence electrons. The maximum atomic E-state index is 13.8. The molecule has 1 N–H and O–H groups in total. The van der Waals surface area contributed by atoms with Crippen LogP contribution in [0.3, 0.4) is 0 Å². The number of halogens is 4. The van der Waals surface area contributed by atoms with Crippen LogP contribution in [0.1, 0.15) is 42.4 Å². The summed E-state index contributed by atoms with van der Waals surface area (Å²) in [6, 6.07) is 11.9. The number of nitrogens with one attached hydrogen (secondary N) is 1. The predicted octanol–water partition coefficient (Wildman–Crippen LogP) is 5.39. The molecule has 3 atom stereocenters. The molecule has 0 radical (unpaired) electrons. The summed E-state index contributed by atoms with van der Waals surface area (Å²) >= 11 is 0. The molecule has 0 aromatic heterocycles. The van der Waals surface area contributed by atoms with E-state index in [4.69, 9.17) is 4.74 Å². The van der Waals surface area contributed by atoms with E-state index in [0.29, 0.717) is 43.9 Å². The molecule has 0 bridgehead atoms. The monoisotopic (exact) mass is 530 g/mol. The van der Waals surface area contributed by atoms with Gasteiger partial charge in [-0.25, -0.2) is 9.18 Å². The molecule has 38 heavy (non-hydrogen) atoms. The van der Waals surface area contributed by atoms with Crippen molar-refractivity contribution in [3.05, 3.63) is 65.0 Å². The second-order valence-corrected chi connectivity index (χ2v) is 10.4. The number of ether oxygens (including phenoxy) is 1. The lowest BCUT2D eigenvalue weighted by molar-refractivity contribution is -0.139. The van der Waals surface area contributed by atoms with Crippen LogP contribution >= 0.6 is 0 Å². The van der Waals surface area contributed by atoms with Gasteiger partial charge in [-0.3, -0.25) is 4.90 Å². The third kappa shape index (κ3) is 5.49. The number of hydrogen-bond donors (Lipinski definition) is 1. The molecule has 2 aromatic rings. The van der Waals surface area contributed by atoms with Crippen molar-refractivity contribution < 1.29 is 27.1 Å². The van der Waals surface area contributed by atoms with Gasteiger partial charge in [0.1, 0.15) is 5.82 Å². The van der Waals surface area contributed by atoms with Crippen LogP contribution in [0.4, 0.5) is 28.0 Å². The van der Waals surface area contributed by atoms with Gasteiger partial charge in [0.2, 0.25) is 0 Å². The molecular weight excluding hydrogens is 500 g/mol. The molecule has 2 aromatic carbocycles. The Labute approximate surface area is 219 Å². The summed E-state index contributed by atoms with van der Waals surface area (Å²) in [5.41, 5.74) is 0.318. The first kappa shape index (κ1) is 26.4. The van der Waals surface area contributed by atoms with Gasteiger partial charge in [-0.1, -0.05) is 12.1 Å². The van der Waals surface area contributed by atoms with E-state index in [1.807, 2.05) is 12.1 Å². The van der Waals surface area contributed by atoms with Gasteiger partial charge in [-0.2, -0.15) is 18.4 Å². The van der Waals surface area contributed by atoms with Crippen LogP contribution in [-0.2, 0) is 16.3 Å². The van der Waals surface area contributed by atoms with Gasteiger partial charge >= 0.3 is 12.2 Å². The van der Waals surface area contributed by atoms with Gasteiger partial charge in [-0.05, 0) is 72.9 Å². The lowest BCUT2D eigenvalue weighted by atomic mass is 9.80. The van der Waals surface area contributed by atoms with Gasteiger partial charge in [0, 0.05) is 37.9 Å². The molecule has 0 spiro atoms. The van der Waals surface area contributed by atoms with E-state index in [-0.39, 0.29) is 17.1 Å². The average molecular weight is 531 g/mol. The highest BCUT2D eigenvalue weighted by Gasteiger charge is 2.58. The summed E-state index contributed by atoms with van der Waals surface area (Å²) in [6.45, 7) is 3.82. The number of rotatable bonds is 6. The Balaban J connectivity index is 1.31. The van der Waals surface area contributed by atoms with Crippen LogP contribution in [0.15, 0.2) is 42.5 Å². The zero-order valence-corrected chi connectivity index (χ0v) is 20.9. The second-order valence-electron chi connectivity index (χ2n) is 10.4. The third-order valence-electron chi connectivity index (χ3n) is 8.26. The molecule has 10 heteroatoms.